The van der Waals surface area contributed by atoms with Gasteiger partial charge in [0.05, 0.1) is 0 Å². The Morgan fingerprint density at radius 1 is 0.700 bits per heavy atom. The van der Waals surface area contributed by atoms with Crippen molar-refractivity contribution in [1.82, 2.24) is 0 Å². The van der Waals surface area contributed by atoms with Crippen molar-refractivity contribution in [1.29, 1.82) is 0 Å². The van der Waals surface area contributed by atoms with Crippen LogP contribution in [0.4, 0.5) is 0 Å². The predicted octanol–water partition coefficient (Wildman–Crippen LogP) is 4.33. The summed E-state index contributed by atoms with van der Waals surface area (Å²) in [5, 5.41) is 0. The van der Waals surface area contributed by atoms with Crippen LogP contribution >= 0.6 is 0 Å². The van der Waals surface area contributed by atoms with Crippen LogP contribution in [0.1, 0.15) is 34.1 Å². The zero-order chi connectivity index (χ0) is 13.5. The van der Waals surface area contributed by atoms with Crippen LogP contribution in [0.15, 0.2) is 60.7 Å². The molecule has 20 heavy (non-hydrogen) atoms. The van der Waals surface area contributed by atoms with E-state index in [1.165, 1.54) is 46.5 Å². The zero-order valence-corrected chi connectivity index (χ0v) is 13.5. The number of hydrogen-bond donors (Lipinski definition) is 0. The Labute approximate surface area is 134 Å². The maximum atomic E-state index is 2.36. The summed E-state index contributed by atoms with van der Waals surface area (Å²) < 4.78 is 1.61. The van der Waals surface area contributed by atoms with E-state index in [1.54, 1.807) is 3.21 Å². The molecule has 4 rings (SSSR count). The van der Waals surface area contributed by atoms with Gasteiger partial charge in [-0.1, -0.05) is 0 Å². The molecule has 0 saturated heterocycles. The van der Waals surface area contributed by atoms with Crippen LogP contribution in [0.5, 0.6) is 0 Å². The molecular weight excluding hydrogens is 319 g/mol. The molecule has 0 aromatic heterocycles. The molecule has 2 aliphatic carbocycles. The van der Waals surface area contributed by atoms with Gasteiger partial charge in [-0.3, -0.25) is 0 Å². The monoisotopic (exact) mass is 332 g/mol. The first-order valence-electron chi connectivity index (χ1n) is 6.97. The summed E-state index contributed by atoms with van der Waals surface area (Å²) in [4.78, 5) is 0. The Kier molecular flexibility index (Phi) is 3.04. The molecule has 0 spiro atoms. The van der Waals surface area contributed by atoms with Crippen LogP contribution in [0.3, 0.4) is 0 Å². The summed E-state index contributed by atoms with van der Waals surface area (Å²) in [6.45, 7) is 0. The minimum absolute atomic E-state index is 0.491. The van der Waals surface area contributed by atoms with Crippen LogP contribution < -0.4 is 0 Å². The van der Waals surface area contributed by atoms with E-state index in [4.69, 9.17) is 0 Å². The van der Waals surface area contributed by atoms with Crippen molar-refractivity contribution in [3.05, 3.63) is 82.9 Å². The third-order valence-electron chi connectivity index (χ3n) is 4.27. The predicted molar refractivity (Wildman–Crippen MR) is 81.4 cm³/mol. The fourth-order valence-electron chi connectivity index (χ4n) is 3.23. The molecule has 0 heterocycles. The zero-order valence-electron chi connectivity index (χ0n) is 11.1. The number of allylic oxidation sites excluding steroid dienone is 2. The molecule has 0 radical (unpaired) electrons. The number of rotatable bonds is 2. The summed E-state index contributed by atoms with van der Waals surface area (Å²) in [6, 6.07) is 17.5. The molecule has 0 fully saturated rings. The molecule has 2 atom stereocenters. The van der Waals surface area contributed by atoms with Gasteiger partial charge in [0, 0.05) is 0 Å². The van der Waals surface area contributed by atoms with Gasteiger partial charge in [-0.05, 0) is 0 Å². The first kappa shape index (κ1) is 12.4. The molecule has 2 aliphatic rings. The second kappa shape index (κ2) is 4.90. The van der Waals surface area contributed by atoms with Gasteiger partial charge in [-0.15, -0.1) is 0 Å². The van der Waals surface area contributed by atoms with E-state index in [2.05, 4.69) is 72.8 Å². The van der Waals surface area contributed by atoms with Crippen LogP contribution in [-0.4, -0.2) is 3.21 Å². The summed E-state index contributed by atoms with van der Waals surface area (Å²) in [7, 11) is 0. The summed E-state index contributed by atoms with van der Waals surface area (Å²) in [5.74, 6) is 0.982. The van der Waals surface area contributed by atoms with Crippen molar-refractivity contribution >= 4 is 15.4 Å². The molecule has 0 amide bonds. The van der Waals surface area contributed by atoms with Crippen LogP contribution in [-0.2, 0) is 24.2 Å². The first-order valence-corrected chi connectivity index (χ1v) is 8.20. The summed E-state index contributed by atoms with van der Waals surface area (Å²) in [6.07, 6.45) is 9.27. The van der Waals surface area contributed by atoms with Gasteiger partial charge in [0.1, 0.15) is 0 Å². The third kappa shape index (κ3) is 1.88. The fraction of sp³-hybridized carbons (Fsp3) is 0.105. The molecule has 2 aromatic carbocycles. The average Bonchev–Trinajstić information content (AvgIpc) is 3.11. The number of fused-ring (bicyclic) bond motifs is 2. The van der Waals surface area contributed by atoms with Crippen molar-refractivity contribution in [3.8, 4) is 0 Å². The van der Waals surface area contributed by atoms with E-state index in [9.17, 15) is 0 Å². The SMILES string of the molecule is [Zr]=[C](C1C=Cc2ccccc21)C1C=Cc2ccccc21. The van der Waals surface area contributed by atoms with E-state index in [0.29, 0.717) is 11.8 Å². The average molecular weight is 334 g/mol. The van der Waals surface area contributed by atoms with Gasteiger partial charge in [0.2, 0.25) is 0 Å². The second-order valence-electron chi connectivity index (χ2n) is 5.39. The Balaban J connectivity index is 1.71. The van der Waals surface area contributed by atoms with Gasteiger partial charge in [0.15, 0.2) is 0 Å². The van der Waals surface area contributed by atoms with E-state index in [-0.39, 0.29) is 0 Å². The number of hydrogen-bond acceptors (Lipinski definition) is 0. The standard InChI is InChI=1S/C19H14.Zr/c1-3-7-18-14(5-1)9-11-16(18)13-17-12-10-15-6-2-4-8-19(15)17;/h1-12,16-17H;. The van der Waals surface area contributed by atoms with E-state index in [0.717, 1.165) is 0 Å². The minimum atomic E-state index is 0.491. The van der Waals surface area contributed by atoms with Crippen LogP contribution in [0, 0.1) is 0 Å². The quantitative estimate of drug-likeness (QED) is 0.767. The van der Waals surface area contributed by atoms with Crippen LogP contribution in [0.2, 0.25) is 0 Å². The normalized spacial score (nSPS) is 21.8. The molecular formula is C19H14Zr. The molecule has 2 unspecified atom stereocenters. The van der Waals surface area contributed by atoms with Crippen molar-refractivity contribution in [2.75, 3.05) is 0 Å². The fourth-order valence-corrected chi connectivity index (χ4v) is 4.47. The van der Waals surface area contributed by atoms with Crippen molar-refractivity contribution < 1.29 is 24.2 Å². The Morgan fingerprint density at radius 2 is 1.15 bits per heavy atom. The molecule has 0 nitrogen and oxygen atoms in total. The molecule has 2 aromatic rings. The Morgan fingerprint density at radius 3 is 1.65 bits per heavy atom. The van der Waals surface area contributed by atoms with Gasteiger partial charge in [-0.25, -0.2) is 0 Å². The van der Waals surface area contributed by atoms with Crippen molar-refractivity contribution in [2.24, 2.45) is 0 Å². The molecule has 0 saturated carbocycles. The molecule has 1 heteroatoms. The summed E-state index contributed by atoms with van der Waals surface area (Å²) in [5.41, 5.74) is 5.70. The molecule has 94 valence electrons. The van der Waals surface area contributed by atoms with E-state index in [1.807, 2.05) is 0 Å². The van der Waals surface area contributed by atoms with E-state index < -0.39 is 0 Å². The van der Waals surface area contributed by atoms with Crippen molar-refractivity contribution in [2.45, 2.75) is 11.8 Å². The Bertz CT molecular complexity index is 688. The van der Waals surface area contributed by atoms with Gasteiger partial charge < -0.3 is 0 Å². The van der Waals surface area contributed by atoms with E-state index >= 15 is 0 Å². The molecule has 0 bridgehead atoms. The van der Waals surface area contributed by atoms with Gasteiger partial charge >= 0.3 is 134 Å². The third-order valence-corrected chi connectivity index (χ3v) is 5.80. The van der Waals surface area contributed by atoms with Gasteiger partial charge in [0.25, 0.3) is 0 Å². The van der Waals surface area contributed by atoms with Crippen LogP contribution in [0.25, 0.3) is 12.2 Å². The first-order chi connectivity index (χ1) is 9.84. The van der Waals surface area contributed by atoms with Crippen molar-refractivity contribution in [3.63, 3.8) is 0 Å². The Hall–Kier alpha value is -1.33. The topological polar surface area (TPSA) is 0 Å². The maximum absolute atomic E-state index is 2.36. The second-order valence-corrected chi connectivity index (χ2v) is 6.81. The van der Waals surface area contributed by atoms with Gasteiger partial charge in [-0.2, -0.15) is 0 Å². The summed E-state index contributed by atoms with van der Waals surface area (Å²) >= 11 is 1.54. The molecule has 0 aliphatic heterocycles. The number of benzene rings is 2. The molecule has 0 N–H and O–H groups in total.